The molecular weight excluding hydrogens is 242 g/mol. The lowest BCUT2D eigenvalue weighted by atomic mass is 10.4. The van der Waals surface area contributed by atoms with Crippen LogP contribution in [-0.4, -0.2) is 20.9 Å². The first-order chi connectivity index (χ1) is 8.15. The zero-order chi connectivity index (χ0) is 12.3. The highest BCUT2D eigenvalue weighted by Gasteiger charge is 2.08. The second-order valence-electron chi connectivity index (χ2n) is 3.14. The molecule has 3 N–H and O–H groups in total. The second-order valence-corrected chi connectivity index (χ2v) is 3.58. The van der Waals surface area contributed by atoms with Crippen molar-refractivity contribution < 1.29 is 4.79 Å². The molecule has 0 aliphatic heterocycles. The Kier molecular flexibility index (Phi) is 3.15. The number of hydrogen-bond acceptors (Lipinski definition) is 5. The van der Waals surface area contributed by atoms with Crippen molar-refractivity contribution in [3.8, 4) is 0 Å². The van der Waals surface area contributed by atoms with Crippen molar-refractivity contribution in [1.29, 1.82) is 0 Å². The number of nitrogen functional groups attached to an aromatic ring is 1. The lowest BCUT2D eigenvalue weighted by Crippen LogP contribution is -2.15. The van der Waals surface area contributed by atoms with Crippen molar-refractivity contribution >= 4 is 29.1 Å². The number of carbonyl (C=O) groups excluding carboxylic acids is 1. The molecule has 0 aliphatic rings. The number of aromatic nitrogens is 3. The summed E-state index contributed by atoms with van der Waals surface area (Å²) in [6.45, 7) is 0. The molecule has 0 fully saturated rings. The summed E-state index contributed by atoms with van der Waals surface area (Å²) < 4.78 is 0. The maximum atomic E-state index is 11.7. The van der Waals surface area contributed by atoms with Crippen LogP contribution in [0.2, 0.25) is 5.02 Å². The number of nitrogens with two attached hydrogens (primary N) is 1. The molecule has 6 nitrogen and oxygen atoms in total. The highest BCUT2D eigenvalue weighted by molar-refractivity contribution is 6.30. The summed E-state index contributed by atoms with van der Waals surface area (Å²) in [5.74, 6) is 0.130. The molecule has 86 valence electrons. The number of hydrogen-bond donors (Lipinski definition) is 2. The second kappa shape index (κ2) is 4.75. The van der Waals surface area contributed by atoms with E-state index in [1.165, 1.54) is 18.6 Å². The predicted octanol–water partition coefficient (Wildman–Crippen LogP) is 1.36. The van der Waals surface area contributed by atoms with E-state index in [4.69, 9.17) is 17.3 Å². The Labute approximate surface area is 102 Å². The van der Waals surface area contributed by atoms with E-state index < -0.39 is 5.91 Å². The van der Waals surface area contributed by atoms with Gasteiger partial charge in [-0.3, -0.25) is 9.78 Å². The minimum atomic E-state index is -0.431. The molecule has 0 spiro atoms. The Balaban J connectivity index is 2.14. The van der Waals surface area contributed by atoms with Crippen molar-refractivity contribution in [3.63, 3.8) is 0 Å². The van der Waals surface area contributed by atoms with Crippen LogP contribution < -0.4 is 11.1 Å². The van der Waals surface area contributed by atoms with Crippen LogP contribution in [0.5, 0.6) is 0 Å². The van der Waals surface area contributed by atoms with Crippen LogP contribution in [0.3, 0.4) is 0 Å². The zero-order valence-corrected chi connectivity index (χ0v) is 9.35. The van der Waals surface area contributed by atoms with Gasteiger partial charge in [0.2, 0.25) is 0 Å². The first kappa shape index (κ1) is 11.3. The number of anilines is 2. The third-order valence-corrected chi connectivity index (χ3v) is 2.08. The fraction of sp³-hybridized carbons (Fsp3) is 0. The van der Waals surface area contributed by atoms with E-state index in [-0.39, 0.29) is 11.5 Å². The summed E-state index contributed by atoms with van der Waals surface area (Å²) in [5, 5.41) is 3.04. The van der Waals surface area contributed by atoms with Crippen molar-refractivity contribution in [2.45, 2.75) is 0 Å². The van der Waals surface area contributed by atoms with E-state index in [1.807, 2.05) is 0 Å². The van der Waals surface area contributed by atoms with Crippen molar-refractivity contribution in [2.75, 3.05) is 11.1 Å². The van der Waals surface area contributed by atoms with Gasteiger partial charge in [-0.1, -0.05) is 11.6 Å². The van der Waals surface area contributed by atoms with E-state index in [0.29, 0.717) is 10.8 Å². The molecule has 0 saturated carbocycles. The zero-order valence-electron chi connectivity index (χ0n) is 8.59. The SMILES string of the molecule is Nc1cncc(C(=O)Nc2ccc(Cl)cn2)n1. The van der Waals surface area contributed by atoms with Crippen LogP contribution in [-0.2, 0) is 0 Å². The van der Waals surface area contributed by atoms with E-state index in [1.54, 1.807) is 12.1 Å². The molecule has 0 radical (unpaired) electrons. The maximum Gasteiger partial charge on any atom is 0.277 e. The molecule has 17 heavy (non-hydrogen) atoms. The predicted molar refractivity (Wildman–Crippen MR) is 63.6 cm³/mol. The Hall–Kier alpha value is -2.21. The summed E-state index contributed by atoms with van der Waals surface area (Å²) in [5.41, 5.74) is 5.55. The van der Waals surface area contributed by atoms with Gasteiger partial charge in [0, 0.05) is 6.20 Å². The van der Waals surface area contributed by atoms with Crippen molar-refractivity contribution in [1.82, 2.24) is 15.0 Å². The molecule has 0 saturated heterocycles. The third kappa shape index (κ3) is 2.88. The molecular formula is C10H8ClN5O. The average molecular weight is 250 g/mol. The van der Waals surface area contributed by atoms with E-state index in [0.717, 1.165) is 0 Å². The van der Waals surface area contributed by atoms with Crippen LogP contribution in [0.25, 0.3) is 0 Å². The quantitative estimate of drug-likeness (QED) is 0.838. The van der Waals surface area contributed by atoms with Crippen molar-refractivity contribution in [3.05, 3.63) is 41.4 Å². The van der Waals surface area contributed by atoms with Gasteiger partial charge in [-0.15, -0.1) is 0 Å². The summed E-state index contributed by atoms with van der Waals surface area (Å²) in [6, 6.07) is 3.20. The molecule has 7 heteroatoms. The molecule has 0 aromatic carbocycles. The van der Waals surface area contributed by atoms with Gasteiger partial charge < -0.3 is 11.1 Å². The number of carbonyl (C=O) groups is 1. The summed E-state index contributed by atoms with van der Waals surface area (Å²) in [6.07, 6.45) is 4.11. The minimum absolute atomic E-state index is 0.127. The van der Waals surface area contributed by atoms with Gasteiger partial charge >= 0.3 is 0 Å². The molecule has 0 bridgehead atoms. The van der Waals surface area contributed by atoms with E-state index in [9.17, 15) is 4.79 Å². The number of nitrogens with zero attached hydrogens (tertiary/aromatic N) is 3. The Bertz CT molecular complexity index is 543. The largest absolute Gasteiger partial charge is 0.382 e. The van der Waals surface area contributed by atoms with Gasteiger partial charge in [0.05, 0.1) is 17.4 Å². The average Bonchev–Trinajstić information content (AvgIpc) is 2.32. The molecule has 2 heterocycles. The summed E-state index contributed by atoms with van der Waals surface area (Å²) >= 11 is 5.67. The third-order valence-electron chi connectivity index (χ3n) is 1.85. The normalized spacial score (nSPS) is 9.94. The fourth-order valence-corrected chi connectivity index (χ4v) is 1.23. The number of amides is 1. The highest BCUT2D eigenvalue weighted by atomic mass is 35.5. The molecule has 0 unspecified atom stereocenters. The maximum absolute atomic E-state index is 11.7. The summed E-state index contributed by atoms with van der Waals surface area (Å²) in [4.78, 5) is 23.2. The fourth-order valence-electron chi connectivity index (χ4n) is 1.12. The van der Waals surface area contributed by atoms with Crippen LogP contribution >= 0.6 is 11.6 Å². The first-order valence-corrected chi connectivity index (χ1v) is 5.03. The highest BCUT2D eigenvalue weighted by Crippen LogP contribution is 2.10. The Morgan fingerprint density at radius 2 is 2.12 bits per heavy atom. The lowest BCUT2D eigenvalue weighted by Gasteiger charge is -2.03. The number of pyridine rings is 1. The van der Waals surface area contributed by atoms with Gasteiger partial charge in [-0.05, 0) is 12.1 Å². The minimum Gasteiger partial charge on any atom is -0.382 e. The van der Waals surface area contributed by atoms with Gasteiger partial charge in [-0.25, -0.2) is 9.97 Å². The van der Waals surface area contributed by atoms with E-state index in [2.05, 4.69) is 20.3 Å². The van der Waals surface area contributed by atoms with Gasteiger partial charge in [0.25, 0.3) is 5.91 Å². The van der Waals surface area contributed by atoms with Gasteiger partial charge in [0.1, 0.15) is 17.3 Å². The molecule has 2 aromatic heterocycles. The molecule has 0 atom stereocenters. The van der Waals surface area contributed by atoms with Gasteiger partial charge in [-0.2, -0.15) is 0 Å². The van der Waals surface area contributed by atoms with Crippen LogP contribution in [0.15, 0.2) is 30.7 Å². The summed E-state index contributed by atoms with van der Waals surface area (Å²) in [7, 11) is 0. The molecule has 2 aromatic rings. The number of nitrogens with one attached hydrogen (secondary N) is 1. The van der Waals surface area contributed by atoms with Gasteiger partial charge in [0.15, 0.2) is 0 Å². The smallest absolute Gasteiger partial charge is 0.277 e. The van der Waals surface area contributed by atoms with E-state index >= 15 is 0 Å². The molecule has 0 aliphatic carbocycles. The first-order valence-electron chi connectivity index (χ1n) is 4.65. The Morgan fingerprint density at radius 3 is 2.76 bits per heavy atom. The van der Waals surface area contributed by atoms with Crippen molar-refractivity contribution in [2.24, 2.45) is 0 Å². The standard InChI is InChI=1S/C10H8ClN5O/c11-6-1-2-9(14-3-6)16-10(17)7-4-13-5-8(12)15-7/h1-5H,(H2,12,15)(H,14,16,17). The van der Waals surface area contributed by atoms with Crippen LogP contribution in [0.1, 0.15) is 10.5 Å². The number of rotatable bonds is 2. The molecule has 2 rings (SSSR count). The topological polar surface area (TPSA) is 93.8 Å². The number of halogens is 1. The van der Waals surface area contributed by atoms with Crippen LogP contribution in [0.4, 0.5) is 11.6 Å². The van der Waals surface area contributed by atoms with Crippen LogP contribution in [0, 0.1) is 0 Å². The monoisotopic (exact) mass is 249 g/mol. The Morgan fingerprint density at radius 1 is 1.29 bits per heavy atom. The molecule has 1 amide bonds. The lowest BCUT2D eigenvalue weighted by molar-refractivity contribution is 0.102.